The van der Waals surface area contributed by atoms with Gasteiger partial charge in [-0.05, 0) is 31.5 Å². The molecule has 0 radical (unpaired) electrons. The highest BCUT2D eigenvalue weighted by atomic mass is 32.2. The number of hydrogen-bond donors (Lipinski definition) is 2. The summed E-state index contributed by atoms with van der Waals surface area (Å²) in [7, 11) is -2.03. The highest BCUT2D eigenvalue weighted by molar-refractivity contribution is 7.87. The molecule has 1 aromatic rings. The van der Waals surface area contributed by atoms with Crippen LogP contribution in [0.15, 0.2) is 24.3 Å². The number of benzene rings is 1. The summed E-state index contributed by atoms with van der Waals surface area (Å²) in [6.45, 7) is 4.50. The van der Waals surface area contributed by atoms with Crippen LogP contribution in [-0.4, -0.2) is 51.0 Å². The van der Waals surface area contributed by atoms with E-state index in [9.17, 15) is 13.2 Å². The highest BCUT2D eigenvalue weighted by Crippen LogP contribution is 2.14. The zero-order valence-corrected chi connectivity index (χ0v) is 14.4. The Labute approximate surface area is 137 Å². The van der Waals surface area contributed by atoms with Crippen LogP contribution in [0.25, 0.3) is 0 Å². The van der Waals surface area contributed by atoms with Crippen molar-refractivity contribution in [3.63, 3.8) is 0 Å². The van der Waals surface area contributed by atoms with Gasteiger partial charge >= 0.3 is 0 Å². The molecule has 1 aliphatic rings. The summed E-state index contributed by atoms with van der Waals surface area (Å²) in [5, 5.41) is 2.54. The number of carbonyl (C=O) groups is 1. The van der Waals surface area contributed by atoms with Crippen molar-refractivity contribution in [1.82, 2.24) is 14.3 Å². The monoisotopic (exact) mass is 341 g/mol. The molecule has 2 atom stereocenters. The molecule has 1 fully saturated rings. The summed E-state index contributed by atoms with van der Waals surface area (Å²) in [5.74, 6) is -0.203. The Morgan fingerprint density at radius 1 is 1.30 bits per heavy atom. The molecule has 7 nitrogen and oxygen atoms in total. The van der Waals surface area contributed by atoms with E-state index in [0.717, 1.165) is 5.56 Å². The SMILES string of the molecule is CNC(=O)c1cccc(CNS(=O)(=O)N2C[C@@H](C)O[C@H](C)C2)c1. The van der Waals surface area contributed by atoms with Gasteiger partial charge in [-0.2, -0.15) is 17.4 Å². The molecule has 0 spiro atoms. The Morgan fingerprint density at radius 2 is 1.96 bits per heavy atom. The van der Waals surface area contributed by atoms with Crippen molar-refractivity contribution in [2.24, 2.45) is 0 Å². The van der Waals surface area contributed by atoms with Crippen LogP contribution < -0.4 is 10.0 Å². The number of morpholine rings is 1. The summed E-state index contributed by atoms with van der Waals surface area (Å²) in [5.41, 5.74) is 1.22. The zero-order valence-electron chi connectivity index (χ0n) is 13.6. The summed E-state index contributed by atoms with van der Waals surface area (Å²) >= 11 is 0. The fourth-order valence-corrected chi connectivity index (χ4v) is 3.90. The lowest BCUT2D eigenvalue weighted by atomic mass is 10.1. The number of carbonyl (C=O) groups excluding carboxylic acids is 1. The summed E-state index contributed by atoms with van der Waals surface area (Å²) < 4.78 is 34.3. The number of rotatable bonds is 5. The lowest BCUT2D eigenvalue weighted by Gasteiger charge is -2.34. The molecule has 1 heterocycles. The van der Waals surface area contributed by atoms with Gasteiger partial charge < -0.3 is 10.1 Å². The van der Waals surface area contributed by atoms with Gasteiger partial charge in [0.2, 0.25) is 0 Å². The number of hydrogen-bond acceptors (Lipinski definition) is 4. The molecule has 1 amide bonds. The van der Waals surface area contributed by atoms with Crippen LogP contribution in [0.2, 0.25) is 0 Å². The first-order valence-electron chi connectivity index (χ1n) is 7.53. The molecule has 1 saturated heterocycles. The molecule has 2 rings (SSSR count). The molecule has 1 aliphatic heterocycles. The minimum Gasteiger partial charge on any atom is -0.373 e. The number of amides is 1. The van der Waals surface area contributed by atoms with Crippen LogP contribution in [0, 0.1) is 0 Å². The van der Waals surface area contributed by atoms with Crippen molar-refractivity contribution in [2.45, 2.75) is 32.6 Å². The molecule has 8 heteroatoms. The maximum atomic E-state index is 12.4. The minimum absolute atomic E-state index is 0.132. The molecule has 0 saturated carbocycles. The average molecular weight is 341 g/mol. The Balaban J connectivity index is 2.03. The molecule has 1 aromatic carbocycles. The van der Waals surface area contributed by atoms with Crippen LogP contribution in [0.1, 0.15) is 29.8 Å². The number of nitrogens with one attached hydrogen (secondary N) is 2. The normalized spacial score (nSPS) is 22.7. The van der Waals surface area contributed by atoms with Crippen LogP contribution in [-0.2, 0) is 21.5 Å². The smallest absolute Gasteiger partial charge is 0.279 e. The van der Waals surface area contributed by atoms with Gasteiger partial charge in [-0.1, -0.05) is 12.1 Å². The quantitative estimate of drug-likeness (QED) is 0.816. The largest absolute Gasteiger partial charge is 0.373 e. The van der Waals surface area contributed by atoms with Crippen LogP contribution in [0.3, 0.4) is 0 Å². The second-order valence-corrected chi connectivity index (χ2v) is 7.44. The third-order valence-electron chi connectivity index (χ3n) is 3.60. The third-order valence-corrected chi connectivity index (χ3v) is 5.09. The molecular weight excluding hydrogens is 318 g/mol. The maximum Gasteiger partial charge on any atom is 0.279 e. The summed E-state index contributed by atoms with van der Waals surface area (Å²) in [6, 6.07) is 6.86. The average Bonchev–Trinajstić information content (AvgIpc) is 2.51. The topological polar surface area (TPSA) is 87.7 Å². The van der Waals surface area contributed by atoms with Gasteiger partial charge in [-0.15, -0.1) is 0 Å². The van der Waals surface area contributed by atoms with E-state index in [-0.39, 0.29) is 24.7 Å². The maximum absolute atomic E-state index is 12.4. The van der Waals surface area contributed by atoms with Crippen molar-refractivity contribution < 1.29 is 17.9 Å². The Morgan fingerprint density at radius 3 is 2.57 bits per heavy atom. The van der Waals surface area contributed by atoms with E-state index in [2.05, 4.69) is 10.0 Å². The lowest BCUT2D eigenvalue weighted by Crippen LogP contribution is -2.51. The van der Waals surface area contributed by atoms with Crippen LogP contribution >= 0.6 is 0 Å². The van der Waals surface area contributed by atoms with Gasteiger partial charge in [0.1, 0.15) is 0 Å². The third kappa shape index (κ3) is 4.74. The molecule has 2 N–H and O–H groups in total. The van der Waals surface area contributed by atoms with Gasteiger partial charge in [-0.3, -0.25) is 4.79 Å². The van der Waals surface area contributed by atoms with Gasteiger partial charge in [-0.25, -0.2) is 0 Å². The molecule has 0 unspecified atom stereocenters. The first-order valence-corrected chi connectivity index (χ1v) is 8.97. The first kappa shape index (κ1) is 17.9. The first-order chi connectivity index (χ1) is 10.8. The second-order valence-electron chi connectivity index (χ2n) is 5.68. The zero-order chi connectivity index (χ0) is 17.0. The summed E-state index contributed by atoms with van der Waals surface area (Å²) in [6.07, 6.45) is -0.265. The van der Waals surface area contributed by atoms with E-state index >= 15 is 0 Å². The van der Waals surface area contributed by atoms with E-state index in [1.165, 1.54) is 4.31 Å². The predicted molar refractivity (Wildman–Crippen MR) is 87.2 cm³/mol. The van der Waals surface area contributed by atoms with E-state index < -0.39 is 10.2 Å². The number of ether oxygens (including phenoxy) is 1. The molecule has 0 aliphatic carbocycles. The standard InChI is InChI=1S/C15H23N3O4S/c1-11-9-18(10-12(2)22-11)23(20,21)17-8-13-5-4-6-14(7-13)15(19)16-3/h4-7,11-12,17H,8-10H2,1-3H3,(H,16,19)/t11-,12-/m1/s1. The van der Waals surface area contributed by atoms with Gasteiger partial charge in [0.05, 0.1) is 12.2 Å². The van der Waals surface area contributed by atoms with Gasteiger partial charge in [0.15, 0.2) is 0 Å². The van der Waals surface area contributed by atoms with Crippen LogP contribution in [0.5, 0.6) is 0 Å². The molecular formula is C15H23N3O4S. The fraction of sp³-hybridized carbons (Fsp3) is 0.533. The van der Waals surface area contributed by atoms with E-state index in [1.807, 2.05) is 13.8 Å². The fourth-order valence-electron chi connectivity index (χ4n) is 2.56. The molecule has 0 aromatic heterocycles. The minimum atomic E-state index is -3.58. The summed E-state index contributed by atoms with van der Waals surface area (Å²) in [4.78, 5) is 11.6. The van der Waals surface area contributed by atoms with E-state index in [1.54, 1.807) is 31.3 Å². The number of nitrogens with zero attached hydrogens (tertiary/aromatic N) is 1. The Hall–Kier alpha value is -1.48. The molecule has 128 valence electrons. The van der Waals surface area contributed by atoms with Crippen molar-refractivity contribution >= 4 is 16.1 Å². The van der Waals surface area contributed by atoms with Crippen molar-refractivity contribution in [3.05, 3.63) is 35.4 Å². The van der Waals surface area contributed by atoms with Crippen molar-refractivity contribution in [3.8, 4) is 0 Å². The molecule has 23 heavy (non-hydrogen) atoms. The van der Waals surface area contributed by atoms with Crippen molar-refractivity contribution in [2.75, 3.05) is 20.1 Å². The Bertz CT molecular complexity index is 652. The van der Waals surface area contributed by atoms with E-state index in [4.69, 9.17) is 4.74 Å². The van der Waals surface area contributed by atoms with Gasteiger partial charge in [0, 0.05) is 32.2 Å². The second kappa shape index (κ2) is 7.39. The highest BCUT2D eigenvalue weighted by Gasteiger charge is 2.30. The van der Waals surface area contributed by atoms with Crippen LogP contribution in [0.4, 0.5) is 0 Å². The predicted octanol–water partition coefficient (Wildman–Crippen LogP) is 0.490. The van der Waals surface area contributed by atoms with E-state index in [0.29, 0.717) is 18.7 Å². The lowest BCUT2D eigenvalue weighted by molar-refractivity contribution is -0.0444. The van der Waals surface area contributed by atoms with Crippen molar-refractivity contribution in [1.29, 1.82) is 0 Å². The Kier molecular flexibility index (Phi) is 5.74. The van der Waals surface area contributed by atoms with Gasteiger partial charge in [0.25, 0.3) is 16.1 Å². The molecule has 0 bridgehead atoms.